The molecule has 146 valence electrons. The van der Waals surface area contributed by atoms with Gasteiger partial charge in [0.2, 0.25) is 0 Å². The summed E-state index contributed by atoms with van der Waals surface area (Å²) in [5, 5.41) is 3.66. The van der Waals surface area contributed by atoms with E-state index in [1.165, 1.54) is 18.9 Å². The maximum atomic E-state index is 14.3. The van der Waals surface area contributed by atoms with Crippen molar-refractivity contribution >= 4 is 16.8 Å². The lowest BCUT2D eigenvalue weighted by atomic mass is 10.1. The second-order valence-corrected chi connectivity index (χ2v) is 6.76. The number of pyridine rings is 1. The standard InChI is InChI=1S/C23H25FN2O2/c1-2-3-4-5-13-28-20-10-8-19(21(24)15-20)16-26-23(27)18-9-11-22-17(14-18)7-6-12-25-22/h6-12,14-15H,2-5,13,16H2,1H3,(H,26,27). The third-order valence-electron chi connectivity index (χ3n) is 4.60. The minimum absolute atomic E-state index is 0.118. The highest BCUT2D eigenvalue weighted by Gasteiger charge is 2.09. The van der Waals surface area contributed by atoms with E-state index in [1.807, 2.05) is 12.1 Å². The van der Waals surface area contributed by atoms with Crippen molar-refractivity contribution in [1.82, 2.24) is 10.3 Å². The lowest BCUT2D eigenvalue weighted by molar-refractivity contribution is 0.0950. The summed E-state index contributed by atoms with van der Waals surface area (Å²) in [6.07, 6.45) is 6.15. The van der Waals surface area contributed by atoms with E-state index >= 15 is 0 Å². The molecule has 0 radical (unpaired) electrons. The SMILES string of the molecule is CCCCCCOc1ccc(CNC(=O)c2ccc3ncccc3c2)c(F)c1. The minimum Gasteiger partial charge on any atom is -0.493 e. The summed E-state index contributed by atoms with van der Waals surface area (Å²) in [5.41, 5.74) is 1.78. The summed E-state index contributed by atoms with van der Waals surface area (Å²) in [4.78, 5) is 16.6. The number of nitrogens with zero attached hydrogens (tertiary/aromatic N) is 1. The molecule has 0 saturated carbocycles. The molecule has 5 heteroatoms. The van der Waals surface area contributed by atoms with E-state index < -0.39 is 0 Å². The zero-order valence-electron chi connectivity index (χ0n) is 16.1. The van der Waals surface area contributed by atoms with E-state index in [1.54, 1.807) is 36.5 Å². The second kappa shape index (κ2) is 9.83. The fourth-order valence-corrected chi connectivity index (χ4v) is 2.97. The van der Waals surface area contributed by atoms with Crippen molar-refractivity contribution in [1.29, 1.82) is 0 Å². The molecule has 3 rings (SSSR count). The lowest BCUT2D eigenvalue weighted by Gasteiger charge is -2.10. The zero-order valence-corrected chi connectivity index (χ0v) is 16.1. The molecule has 1 aromatic heterocycles. The Bertz CT molecular complexity index is 943. The molecule has 1 heterocycles. The predicted molar refractivity (Wildman–Crippen MR) is 109 cm³/mol. The molecule has 0 atom stereocenters. The molecule has 4 nitrogen and oxygen atoms in total. The molecular weight excluding hydrogens is 355 g/mol. The van der Waals surface area contributed by atoms with Crippen LogP contribution in [0.4, 0.5) is 4.39 Å². The number of carbonyl (C=O) groups is 1. The quantitative estimate of drug-likeness (QED) is 0.515. The van der Waals surface area contributed by atoms with Gasteiger partial charge in [0.1, 0.15) is 11.6 Å². The van der Waals surface area contributed by atoms with Crippen LogP contribution in [-0.2, 0) is 6.54 Å². The normalized spacial score (nSPS) is 10.8. The summed E-state index contributed by atoms with van der Waals surface area (Å²) >= 11 is 0. The Morgan fingerprint density at radius 1 is 1.11 bits per heavy atom. The van der Waals surface area contributed by atoms with Crippen molar-refractivity contribution in [2.45, 2.75) is 39.2 Å². The summed E-state index contributed by atoms with van der Waals surface area (Å²) in [5.74, 6) is -0.110. The van der Waals surface area contributed by atoms with Gasteiger partial charge in [-0.3, -0.25) is 9.78 Å². The van der Waals surface area contributed by atoms with Crippen molar-refractivity contribution < 1.29 is 13.9 Å². The number of amides is 1. The van der Waals surface area contributed by atoms with Gasteiger partial charge in [-0.05, 0) is 36.8 Å². The van der Waals surface area contributed by atoms with Crippen LogP contribution in [0.5, 0.6) is 5.75 Å². The zero-order chi connectivity index (χ0) is 19.8. The first kappa shape index (κ1) is 19.8. The summed E-state index contributed by atoms with van der Waals surface area (Å²) in [6, 6.07) is 13.8. The van der Waals surface area contributed by atoms with Crippen LogP contribution in [0.3, 0.4) is 0 Å². The van der Waals surface area contributed by atoms with Gasteiger partial charge >= 0.3 is 0 Å². The monoisotopic (exact) mass is 380 g/mol. The van der Waals surface area contributed by atoms with Crippen LogP contribution >= 0.6 is 0 Å². The first-order chi connectivity index (χ1) is 13.7. The highest BCUT2D eigenvalue weighted by atomic mass is 19.1. The van der Waals surface area contributed by atoms with Crippen molar-refractivity contribution in [3.05, 3.63) is 71.7 Å². The Hall–Kier alpha value is -2.95. The molecule has 2 aromatic carbocycles. The Kier molecular flexibility index (Phi) is 6.95. The molecule has 3 aromatic rings. The molecule has 1 N–H and O–H groups in total. The Labute approximate surface area is 164 Å². The number of hydrogen-bond donors (Lipinski definition) is 1. The van der Waals surface area contributed by atoms with Gasteiger partial charge in [0, 0.05) is 35.3 Å². The third kappa shape index (κ3) is 5.28. The molecular formula is C23H25FN2O2. The number of carbonyl (C=O) groups excluding carboxylic acids is 1. The fraction of sp³-hybridized carbons (Fsp3) is 0.304. The fourth-order valence-electron chi connectivity index (χ4n) is 2.97. The molecule has 28 heavy (non-hydrogen) atoms. The first-order valence-electron chi connectivity index (χ1n) is 9.71. The number of ether oxygens (including phenoxy) is 1. The van der Waals surface area contributed by atoms with Crippen LogP contribution in [0.25, 0.3) is 10.9 Å². The summed E-state index contributed by atoms with van der Waals surface area (Å²) in [6.45, 7) is 2.86. The molecule has 0 spiro atoms. The number of nitrogens with one attached hydrogen (secondary N) is 1. The van der Waals surface area contributed by atoms with Gasteiger partial charge < -0.3 is 10.1 Å². The second-order valence-electron chi connectivity index (χ2n) is 6.76. The van der Waals surface area contributed by atoms with Gasteiger partial charge in [0.25, 0.3) is 5.91 Å². The number of fused-ring (bicyclic) bond motifs is 1. The number of unbranched alkanes of at least 4 members (excludes halogenated alkanes) is 3. The van der Waals surface area contributed by atoms with E-state index in [4.69, 9.17) is 4.74 Å². The molecule has 0 aliphatic rings. The molecule has 0 aliphatic carbocycles. The highest BCUT2D eigenvalue weighted by molar-refractivity contribution is 5.97. The van der Waals surface area contributed by atoms with Gasteiger partial charge in [-0.2, -0.15) is 0 Å². The number of rotatable bonds is 9. The van der Waals surface area contributed by atoms with Crippen LogP contribution in [-0.4, -0.2) is 17.5 Å². The molecule has 0 aliphatic heterocycles. The van der Waals surface area contributed by atoms with Gasteiger partial charge in [0.05, 0.1) is 12.1 Å². The van der Waals surface area contributed by atoms with Crippen LogP contribution in [0.2, 0.25) is 0 Å². The first-order valence-corrected chi connectivity index (χ1v) is 9.71. The molecule has 0 bridgehead atoms. The lowest BCUT2D eigenvalue weighted by Crippen LogP contribution is -2.23. The third-order valence-corrected chi connectivity index (χ3v) is 4.60. The number of hydrogen-bond acceptors (Lipinski definition) is 3. The van der Waals surface area contributed by atoms with Crippen LogP contribution in [0.1, 0.15) is 48.5 Å². The largest absolute Gasteiger partial charge is 0.493 e. The summed E-state index contributed by atoms with van der Waals surface area (Å²) < 4.78 is 19.9. The number of aromatic nitrogens is 1. The Balaban J connectivity index is 1.55. The van der Waals surface area contributed by atoms with Crippen molar-refractivity contribution in [3.8, 4) is 5.75 Å². The van der Waals surface area contributed by atoms with E-state index in [0.717, 1.165) is 23.7 Å². The van der Waals surface area contributed by atoms with Gasteiger partial charge in [-0.25, -0.2) is 4.39 Å². The highest BCUT2D eigenvalue weighted by Crippen LogP contribution is 2.18. The topological polar surface area (TPSA) is 51.2 Å². The van der Waals surface area contributed by atoms with Gasteiger partial charge in [0.15, 0.2) is 0 Å². The van der Waals surface area contributed by atoms with Crippen LogP contribution in [0, 0.1) is 5.82 Å². The van der Waals surface area contributed by atoms with E-state index in [9.17, 15) is 9.18 Å². The van der Waals surface area contributed by atoms with Crippen LogP contribution in [0.15, 0.2) is 54.7 Å². The molecule has 0 saturated heterocycles. The predicted octanol–water partition coefficient (Wildman–Crippen LogP) is 5.26. The Morgan fingerprint density at radius 3 is 2.82 bits per heavy atom. The average Bonchev–Trinajstić information content (AvgIpc) is 2.72. The van der Waals surface area contributed by atoms with Crippen molar-refractivity contribution in [2.24, 2.45) is 0 Å². The van der Waals surface area contributed by atoms with E-state index in [2.05, 4.69) is 17.2 Å². The maximum Gasteiger partial charge on any atom is 0.251 e. The minimum atomic E-state index is -0.380. The molecule has 0 fully saturated rings. The van der Waals surface area contributed by atoms with Crippen molar-refractivity contribution in [2.75, 3.05) is 6.61 Å². The van der Waals surface area contributed by atoms with E-state index in [0.29, 0.717) is 23.5 Å². The van der Waals surface area contributed by atoms with E-state index in [-0.39, 0.29) is 18.3 Å². The maximum absolute atomic E-state index is 14.3. The summed E-state index contributed by atoms with van der Waals surface area (Å²) in [7, 11) is 0. The number of benzene rings is 2. The van der Waals surface area contributed by atoms with Crippen molar-refractivity contribution in [3.63, 3.8) is 0 Å². The Morgan fingerprint density at radius 2 is 2.00 bits per heavy atom. The molecule has 0 unspecified atom stereocenters. The van der Waals surface area contributed by atoms with Gasteiger partial charge in [-0.15, -0.1) is 0 Å². The van der Waals surface area contributed by atoms with Gasteiger partial charge in [-0.1, -0.05) is 38.3 Å². The molecule has 1 amide bonds. The number of halogens is 1. The average molecular weight is 380 g/mol. The van der Waals surface area contributed by atoms with Crippen LogP contribution < -0.4 is 10.1 Å². The smallest absolute Gasteiger partial charge is 0.251 e.